The van der Waals surface area contributed by atoms with Gasteiger partial charge in [-0.2, -0.15) is 0 Å². The number of benzene rings is 3. The molecule has 0 bridgehead atoms. The van der Waals surface area contributed by atoms with E-state index in [1.54, 1.807) is 19.1 Å². The van der Waals surface area contributed by atoms with Gasteiger partial charge >= 0.3 is 0 Å². The van der Waals surface area contributed by atoms with Gasteiger partial charge in [0, 0.05) is 19.7 Å². The van der Waals surface area contributed by atoms with Crippen LogP contribution in [0.2, 0.25) is 0 Å². The van der Waals surface area contributed by atoms with Crippen molar-refractivity contribution in [1.29, 1.82) is 0 Å². The number of nitrogens with one attached hydrogen (secondary N) is 1. The Bertz CT molecular complexity index is 1200. The van der Waals surface area contributed by atoms with Gasteiger partial charge in [-0.15, -0.1) is 0 Å². The topological polar surface area (TPSA) is 67.4 Å². The number of aromatic nitrogens is 2. The molecule has 1 amide bonds. The normalized spacial score (nSPS) is 11.0. The zero-order valence-corrected chi connectivity index (χ0v) is 18.0. The molecule has 1 aromatic heterocycles. The molecule has 0 radical (unpaired) electrons. The van der Waals surface area contributed by atoms with Gasteiger partial charge in [0.2, 0.25) is 5.91 Å². The maximum Gasteiger partial charge on any atom is 0.233 e. The average molecular weight is 422 g/mol. The molecule has 0 aliphatic heterocycles. The van der Waals surface area contributed by atoms with Gasteiger partial charge in [-0.3, -0.25) is 4.79 Å². The van der Waals surface area contributed by atoms with E-state index in [0.717, 1.165) is 44.0 Å². The molecule has 1 N–H and O–H groups in total. The van der Waals surface area contributed by atoms with Crippen molar-refractivity contribution < 1.29 is 14.3 Å². The number of hydrogen-bond acceptors (Lipinski definition) is 5. The van der Waals surface area contributed by atoms with Crippen LogP contribution in [0.4, 0.5) is 0 Å². The van der Waals surface area contributed by atoms with E-state index in [4.69, 9.17) is 9.47 Å². The van der Waals surface area contributed by atoms with Crippen LogP contribution in [0.3, 0.4) is 0 Å². The van der Waals surface area contributed by atoms with E-state index >= 15 is 0 Å². The Morgan fingerprint density at radius 3 is 2.50 bits per heavy atom. The van der Waals surface area contributed by atoms with Crippen LogP contribution in [0.1, 0.15) is 5.56 Å². The Kier molecular flexibility index (Phi) is 5.81. The van der Waals surface area contributed by atoms with Crippen molar-refractivity contribution in [2.45, 2.75) is 11.7 Å². The number of aromatic amines is 1. The summed E-state index contributed by atoms with van der Waals surface area (Å²) in [6.45, 7) is 0.554. The zero-order chi connectivity index (χ0) is 21.1. The fourth-order valence-electron chi connectivity index (χ4n) is 3.26. The van der Waals surface area contributed by atoms with Crippen LogP contribution >= 0.6 is 11.8 Å². The number of carbonyl (C=O) groups is 1. The number of methoxy groups -OCH3 is 2. The van der Waals surface area contributed by atoms with Crippen LogP contribution in [0.5, 0.6) is 11.5 Å². The molecule has 30 heavy (non-hydrogen) atoms. The molecular formula is C23H23N3O3S. The van der Waals surface area contributed by atoms with Crippen LogP contribution in [-0.2, 0) is 11.3 Å². The summed E-state index contributed by atoms with van der Waals surface area (Å²) in [6, 6.07) is 17.9. The first-order valence-corrected chi connectivity index (χ1v) is 10.5. The third-order valence-electron chi connectivity index (χ3n) is 4.96. The van der Waals surface area contributed by atoms with Crippen molar-refractivity contribution >= 4 is 39.5 Å². The zero-order valence-electron chi connectivity index (χ0n) is 17.1. The number of carbonyl (C=O) groups excluding carboxylic acids is 1. The first-order chi connectivity index (χ1) is 14.6. The second kappa shape index (κ2) is 8.67. The largest absolute Gasteiger partial charge is 0.497 e. The van der Waals surface area contributed by atoms with Crippen molar-refractivity contribution in [3.63, 3.8) is 0 Å². The molecule has 1 heterocycles. The first kappa shape index (κ1) is 20.1. The number of nitrogens with zero attached hydrogens (tertiary/aromatic N) is 2. The summed E-state index contributed by atoms with van der Waals surface area (Å²) in [5, 5.41) is 2.96. The number of ether oxygens (including phenoxy) is 2. The highest BCUT2D eigenvalue weighted by Crippen LogP contribution is 2.24. The van der Waals surface area contributed by atoms with E-state index < -0.39 is 0 Å². The summed E-state index contributed by atoms with van der Waals surface area (Å²) in [5.41, 5.74) is 2.83. The molecule has 3 aromatic carbocycles. The predicted molar refractivity (Wildman–Crippen MR) is 120 cm³/mol. The Balaban J connectivity index is 1.38. The van der Waals surface area contributed by atoms with Gasteiger partial charge in [0.25, 0.3) is 0 Å². The maximum absolute atomic E-state index is 12.6. The number of amides is 1. The van der Waals surface area contributed by atoms with Crippen LogP contribution in [-0.4, -0.2) is 47.8 Å². The lowest BCUT2D eigenvalue weighted by atomic mass is 10.1. The molecule has 0 saturated heterocycles. The second-order valence-electron chi connectivity index (χ2n) is 7.01. The van der Waals surface area contributed by atoms with Crippen molar-refractivity contribution in [2.24, 2.45) is 0 Å². The SMILES string of the molecule is COc1ccc2cc(CN(C)C(=O)CSc3nc4ccc(OC)cc4[nH]3)ccc2c1. The van der Waals surface area contributed by atoms with Crippen molar-refractivity contribution in [2.75, 3.05) is 27.0 Å². The van der Waals surface area contributed by atoms with Gasteiger partial charge < -0.3 is 19.4 Å². The Morgan fingerprint density at radius 1 is 1.00 bits per heavy atom. The van der Waals surface area contributed by atoms with E-state index in [1.165, 1.54) is 11.8 Å². The number of rotatable bonds is 7. The minimum atomic E-state index is 0.0489. The molecule has 0 saturated carbocycles. The van der Waals surface area contributed by atoms with E-state index in [2.05, 4.69) is 22.1 Å². The Hall–Kier alpha value is -3.19. The Morgan fingerprint density at radius 2 is 1.70 bits per heavy atom. The maximum atomic E-state index is 12.6. The lowest BCUT2D eigenvalue weighted by Crippen LogP contribution is -2.27. The molecule has 4 rings (SSSR count). The Labute approximate surface area is 179 Å². The molecular weight excluding hydrogens is 398 g/mol. The van der Waals surface area contributed by atoms with Gasteiger partial charge in [-0.05, 0) is 46.7 Å². The molecule has 0 unspecified atom stereocenters. The minimum absolute atomic E-state index is 0.0489. The summed E-state index contributed by atoms with van der Waals surface area (Å²) >= 11 is 1.40. The molecule has 0 atom stereocenters. The minimum Gasteiger partial charge on any atom is -0.497 e. The standard InChI is InChI=1S/C23H23N3O3S/c1-26(13-15-4-5-17-11-18(28-2)7-6-16(17)10-15)22(27)14-30-23-24-20-9-8-19(29-3)12-21(20)25-23/h4-12H,13-14H2,1-3H3,(H,24,25). The third kappa shape index (κ3) is 4.36. The second-order valence-corrected chi connectivity index (χ2v) is 7.97. The van der Waals surface area contributed by atoms with E-state index in [9.17, 15) is 4.79 Å². The molecule has 154 valence electrons. The van der Waals surface area contributed by atoms with Crippen LogP contribution in [0.25, 0.3) is 21.8 Å². The van der Waals surface area contributed by atoms with Gasteiger partial charge in [0.15, 0.2) is 5.16 Å². The van der Waals surface area contributed by atoms with Crippen molar-refractivity contribution in [3.05, 3.63) is 60.2 Å². The van der Waals surface area contributed by atoms with Crippen LogP contribution in [0, 0.1) is 0 Å². The smallest absolute Gasteiger partial charge is 0.233 e. The van der Waals surface area contributed by atoms with Gasteiger partial charge in [0.05, 0.1) is 31.0 Å². The van der Waals surface area contributed by atoms with Crippen molar-refractivity contribution in [3.8, 4) is 11.5 Å². The number of fused-ring (bicyclic) bond motifs is 2. The van der Waals surface area contributed by atoms with E-state index in [1.807, 2.05) is 49.5 Å². The molecule has 4 aromatic rings. The molecule has 0 spiro atoms. The quantitative estimate of drug-likeness (QED) is 0.446. The van der Waals surface area contributed by atoms with E-state index in [0.29, 0.717) is 12.3 Å². The highest BCUT2D eigenvalue weighted by Gasteiger charge is 2.12. The number of thioether (sulfide) groups is 1. The van der Waals surface area contributed by atoms with Crippen molar-refractivity contribution in [1.82, 2.24) is 14.9 Å². The number of hydrogen-bond donors (Lipinski definition) is 1. The summed E-state index contributed by atoms with van der Waals surface area (Å²) < 4.78 is 10.5. The summed E-state index contributed by atoms with van der Waals surface area (Å²) in [7, 11) is 5.12. The lowest BCUT2D eigenvalue weighted by Gasteiger charge is -2.17. The molecule has 7 heteroatoms. The predicted octanol–water partition coefficient (Wildman–Crippen LogP) is 4.48. The summed E-state index contributed by atoms with van der Waals surface area (Å²) in [5.74, 6) is 1.97. The molecule has 0 aliphatic carbocycles. The van der Waals surface area contributed by atoms with Crippen LogP contribution in [0.15, 0.2) is 59.8 Å². The van der Waals surface area contributed by atoms with Gasteiger partial charge in [-0.1, -0.05) is 30.0 Å². The van der Waals surface area contributed by atoms with Crippen LogP contribution < -0.4 is 9.47 Å². The third-order valence-corrected chi connectivity index (χ3v) is 5.82. The lowest BCUT2D eigenvalue weighted by molar-refractivity contribution is -0.127. The first-order valence-electron chi connectivity index (χ1n) is 9.53. The van der Waals surface area contributed by atoms with Gasteiger partial charge in [0.1, 0.15) is 11.5 Å². The molecule has 0 fully saturated rings. The number of H-pyrrole nitrogens is 1. The monoisotopic (exact) mass is 421 g/mol. The van der Waals surface area contributed by atoms with Gasteiger partial charge in [-0.25, -0.2) is 4.98 Å². The summed E-state index contributed by atoms with van der Waals surface area (Å²) in [4.78, 5) is 22.1. The fraction of sp³-hybridized carbons (Fsp3) is 0.217. The fourth-order valence-corrected chi connectivity index (χ4v) is 4.09. The molecule has 0 aliphatic rings. The highest BCUT2D eigenvalue weighted by atomic mass is 32.2. The van der Waals surface area contributed by atoms with E-state index in [-0.39, 0.29) is 5.91 Å². The average Bonchev–Trinajstić information content (AvgIpc) is 3.19. The highest BCUT2D eigenvalue weighted by molar-refractivity contribution is 7.99. The summed E-state index contributed by atoms with van der Waals surface area (Å²) in [6.07, 6.45) is 0. The number of imidazole rings is 1. The molecule has 6 nitrogen and oxygen atoms in total.